The zero-order valence-electron chi connectivity index (χ0n) is 8.86. The van der Waals surface area contributed by atoms with E-state index in [0.29, 0.717) is 0 Å². The molecule has 14 heavy (non-hydrogen) atoms. The summed E-state index contributed by atoms with van der Waals surface area (Å²) in [6.45, 7) is 0. The van der Waals surface area contributed by atoms with Crippen LogP contribution in [0.1, 0.15) is 25.7 Å². The topological polar surface area (TPSA) is 61.5 Å². The summed E-state index contributed by atoms with van der Waals surface area (Å²) >= 11 is 0. The van der Waals surface area contributed by atoms with Gasteiger partial charge in [-0.15, -0.1) is 0 Å². The van der Waals surface area contributed by atoms with Gasteiger partial charge in [-0.25, -0.2) is 0 Å². The highest BCUT2D eigenvalue weighted by Crippen LogP contribution is 2.28. The number of hydrogen-bond donors (Lipinski definition) is 1. The van der Waals surface area contributed by atoms with Crippen LogP contribution in [-0.4, -0.2) is 32.3 Å². The van der Waals surface area contributed by atoms with Gasteiger partial charge in [-0.2, -0.15) is 0 Å². The van der Waals surface area contributed by atoms with Crippen LogP contribution in [0.5, 0.6) is 0 Å². The number of esters is 1. The smallest absolute Gasteiger partial charge is 0.322 e. The van der Waals surface area contributed by atoms with E-state index in [4.69, 9.17) is 10.5 Å². The molecule has 0 aromatic rings. The third-order valence-electron chi connectivity index (χ3n) is 2.98. The Morgan fingerprint density at radius 1 is 1.43 bits per heavy atom. The lowest BCUT2D eigenvalue weighted by molar-refractivity contribution is -0.144. The Hall–Kier alpha value is -0.610. The summed E-state index contributed by atoms with van der Waals surface area (Å²) in [4.78, 5) is 11.2. The number of hydrogen-bond acceptors (Lipinski definition) is 4. The second-order valence-electron chi connectivity index (χ2n) is 3.83. The van der Waals surface area contributed by atoms with Crippen LogP contribution >= 0.6 is 0 Å². The minimum atomic E-state index is -0.488. The van der Waals surface area contributed by atoms with E-state index in [1.165, 1.54) is 7.11 Å². The van der Waals surface area contributed by atoms with Crippen molar-refractivity contribution < 1.29 is 14.3 Å². The fraction of sp³-hybridized carbons (Fsp3) is 0.900. The van der Waals surface area contributed by atoms with Gasteiger partial charge in [0.1, 0.15) is 6.04 Å². The summed E-state index contributed by atoms with van der Waals surface area (Å²) in [7, 11) is 3.08. The van der Waals surface area contributed by atoms with E-state index in [0.717, 1.165) is 25.7 Å². The van der Waals surface area contributed by atoms with Crippen molar-refractivity contribution in [3.63, 3.8) is 0 Å². The van der Waals surface area contributed by atoms with E-state index in [2.05, 4.69) is 4.74 Å². The van der Waals surface area contributed by atoms with Gasteiger partial charge < -0.3 is 15.2 Å². The molecule has 0 aromatic heterocycles. The highest BCUT2D eigenvalue weighted by molar-refractivity contribution is 5.75. The number of carbonyl (C=O) groups excluding carboxylic acids is 1. The van der Waals surface area contributed by atoms with Crippen molar-refractivity contribution >= 4 is 5.97 Å². The molecule has 1 saturated carbocycles. The Bertz CT molecular complexity index is 196. The third kappa shape index (κ3) is 2.69. The molecule has 1 aliphatic rings. The summed E-state index contributed by atoms with van der Waals surface area (Å²) in [5.41, 5.74) is 5.79. The molecule has 3 atom stereocenters. The lowest BCUT2D eigenvalue weighted by Crippen LogP contribution is -2.42. The van der Waals surface area contributed by atoms with E-state index < -0.39 is 6.04 Å². The van der Waals surface area contributed by atoms with Crippen LogP contribution in [-0.2, 0) is 14.3 Å². The van der Waals surface area contributed by atoms with Gasteiger partial charge in [0, 0.05) is 7.11 Å². The van der Waals surface area contributed by atoms with Crippen molar-refractivity contribution in [3.8, 4) is 0 Å². The zero-order valence-corrected chi connectivity index (χ0v) is 8.86. The van der Waals surface area contributed by atoms with Crippen molar-refractivity contribution in [1.82, 2.24) is 0 Å². The lowest BCUT2D eigenvalue weighted by Gasteiger charge is -2.30. The molecule has 1 aliphatic carbocycles. The minimum absolute atomic E-state index is 0.209. The Morgan fingerprint density at radius 3 is 2.71 bits per heavy atom. The average Bonchev–Trinajstić information content (AvgIpc) is 2.27. The van der Waals surface area contributed by atoms with Gasteiger partial charge in [0.25, 0.3) is 0 Å². The summed E-state index contributed by atoms with van der Waals surface area (Å²) < 4.78 is 9.91. The van der Waals surface area contributed by atoms with Gasteiger partial charge in [0.2, 0.25) is 0 Å². The van der Waals surface area contributed by atoms with Gasteiger partial charge in [0.05, 0.1) is 13.2 Å². The number of carbonyl (C=O) groups is 1. The number of ether oxygens (including phenoxy) is 2. The molecule has 0 amide bonds. The van der Waals surface area contributed by atoms with Crippen LogP contribution in [0.2, 0.25) is 0 Å². The van der Waals surface area contributed by atoms with Gasteiger partial charge in [0.15, 0.2) is 0 Å². The van der Waals surface area contributed by atoms with Gasteiger partial charge in [-0.1, -0.05) is 6.42 Å². The Labute approximate surface area is 84.7 Å². The first-order valence-electron chi connectivity index (χ1n) is 5.05. The van der Waals surface area contributed by atoms with Crippen molar-refractivity contribution in [2.24, 2.45) is 11.7 Å². The molecule has 82 valence electrons. The second kappa shape index (κ2) is 5.32. The molecule has 0 saturated heterocycles. The lowest BCUT2D eigenvalue weighted by atomic mass is 9.82. The molecule has 0 heterocycles. The van der Waals surface area contributed by atoms with E-state index in [1.54, 1.807) is 7.11 Å². The summed E-state index contributed by atoms with van der Waals surface area (Å²) in [5, 5.41) is 0. The van der Waals surface area contributed by atoms with E-state index in [-0.39, 0.29) is 18.0 Å². The van der Waals surface area contributed by atoms with Crippen LogP contribution < -0.4 is 5.73 Å². The standard InChI is InChI=1S/C10H19NO3/c1-13-8-5-3-4-7(6-8)9(11)10(12)14-2/h7-9H,3-6,11H2,1-2H3/t7-,8-,9+/m0/s1. The number of nitrogens with two attached hydrogens (primary N) is 1. The molecule has 0 aliphatic heterocycles. The molecular weight excluding hydrogens is 182 g/mol. The molecule has 1 fully saturated rings. The summed E-state index contributed by atoms with van der Waals surface area (Å²) in [5.74, 6) is -0.104. The molecule has 0 spiro atoms. The number of rotatable bonds is 3. The van der Waals surface area contributed by atoms with Gasteiger partial charge in [-0.05, 0) is 25.2 Å². The number of methoxy groups -OCH3 is 2. The average molecular weight is 201 g/mol. The maximum atomic E-state index is 11.2. The molecular formula is C10H19NO3. The first-order chi connectivity index (χ1) is 6.69. The van der Waals surface area contributed by atoms with Crippen molar-refractivity contribution in [3.05, 3.63) is 0 Å². The molecule has 0 unspecified atom stereocenters. The van der Waals surface area contributed by atoms with Crippen molar-refractivity contribution in [2.45, 2.75) is 37.8 Å². The Morgan fingerprint density at radius 2 is 2.14 bits per heavy atom. The fourth-order valence-electron chi connectivity index (χ4n) is 2.05. The largest absolute Gasteiger partial charge is 0.468 e. The molecule has 0 radical (unpaired) electrons. The first-order valence-corrected chi connectivity index (χ1v) is 5.05. The van der Waals surface area contributed by atoms with Gasteiger partial charge >= 0.3 is 5.97 Å². The van der Waals surface area contributed by atoms with Gasteiger partial charge in [-0.3, -0.25) is 4.79 Å². The van der Waals surface area contributed by atoms with Crippen LogP contribution in [0.15, 0.2) is 0 Å². The Balaban J connectivity index is 2.46. The molecule has 2 N–H and O–H groups in total. The maximum Gasteiger partial charge on any atom is 0.322 e. The second-order valence-corrected chi connectivity index (χ2v) is 3.83. The first kappa shape index (κ1) is 11.5. The molecule has 0 aromatic carbocycles. The predicted octanol–water partition coefficient (Wildman–Crippen LogP) is 0.692. The summed E-state index contributed by atoms with van der Waals surface area (Å²) in [6.07, 6.45) is 4.27. The zero-order chi connectivity index (χ0) is 10.6. The van der Waals surface area contributed by atoms with Crippen LogP contribution in [0.3, 0.4) is 0 Å². The van der Waals surface area contributed by atoms with Crippen LogP contribution in [0.4, 0.5) is 0 Å². The molecule has 4 nitrogen and oxygen atoms in total. The van der Waals surface area contributed by atoms with E-state index in [1.807, 2.05) is 0 Å². The predicted molar refractivity (Wildman–Crippen MR) is 52.7 cm³/mol. The summed E-state index contributed by atoms with van der Waals surface area (Å²) in [6, 6.07) is -0.488. The quantitative estimate of drug-likeness (QED) is 0.682. The highest BCUT2D eigenvalue weighted by atomic mass is 16.5. The monoisotopic (exact) mass is 201 g/mol. The molecule has 1 rings (SSSR count). The minimum Gasteiger partial charge on any atom is -0.468 e. The maximum absolute atomic E-state index is 11.2. The SMILES string of the molecule is COC(=O)[C@H](N)[C@H]1CCC[C@H](OC)C1. The van der Waals surface area contributed by atoms with E-state index >= 15 is 0 Å². The normalized spacial score (nSPS) is 29.6. The van der Waals surface area contributed by atoms with Crippen molar-refractivity contribution in [1.29, 1.82) is 0 Å². The Kier molecular flexibility index (Phi) is 4.35. The fourth-order valence-corrected chi connectivity index (χ4v) is 2.05. The van der Waals surface area contributed by atoms with Crippen LogP contribution in [0.25, 0.3) is 0 Å². The molecule has 0 bridgehead atoms. The van der Waals surface area contributed by atoms with E-state index in [9.17, 15) is 4.79 Å². The van der Waals surface area contributed by atoms with Crippen molar-refractivity contribution in [2.75, 3.05) is 14.2 Å². The highest BCUT2D eigenvalue weighted by Gasteiger charge is 2.30. The van der Waals surface area contributed by atoms with Crippen LogP contribution in [0, 0.1) is 5.92 Å². The molecule has 4 heteroatoms. The third-order valence-corrected chi connectivity index (χ3v) is 2.98.